The molecule has 2 atom stereocenters. The first kappa shape index (κ1) is 9.29. The maximum Gasteiger partial charge on any atom is 0.140 e. The van der Waals surface area contributed by atoms with Crippen molar-refractivity contribution in [3.8, 4) is 0 Å². The summed E-state index contributed by atoms with van der Waals surface area (Å²) in [7, 11) is 0. The maximum absolute atomic E-state index is 11.5. The average Bonchev–Trinajstić information content (AvgIpc) is 2.17. The molecule has 0 aliphatic heterocycles. The zero-order valence-corrected chi connectivity index (χ0v) is 8.61. The molecular formula is C10H10Cl2O. The minimum Gasteiger partial charge on any atom is -0.299 e. The molecule has 70 valence electrons. The maximum atomic E-state index is 11.5. The van der Waals surface area contributed by atoms with E-state index in [1.807, 2.05) is 0 Å². The predicted octanol–water partition coefficient (Wildman–Crippen LogP) is 3.23. The third-order valence-corrected chi connectivity index (χ3v) is 3.49. The molecule has 3 heteroatoms. The lowest BCUT2D eigenvalue weighted by atomic mass is 9.65. The standard InChI is InChI=1S/C10H10Cl2O/c11-4-8-6-1-2-7(9(8)5-12)10(13)3-6/h4-7H,1-3H2/b8-4+,9-5+. The van der Waals surface area contributed by atoms with E-state index in [0.29, 0.717) is 18.1 Å². The van der Waals surface area contributed by atoms with Crippen LogP contribution in [-0.4, -0.2) is 5.78 Å². The van der Waals surface area contributed by atoms with Crippen molar-refractivity contribution in [2.24, 2.45) is 11.8 Å². The van der Waals surface area contributed by atoms with Crippen molar-refractivity contribution in [1.82, 2.24) is 0 Å². The van der Waals surface area contributed by atoms with Crippen LogP contribution in [0, 0.1) is 11.8 Å². The molecule has 0 radical (unpaired) electrons. The summed E-state index contributed by atoms with van der Waals surface area (Å²) < 4.78 is 0. The number of ketones is 1. The predicted molar refractivity (Wildman–Crippen MR) is 53.7 cm³/mol. The van der Waals surface area contributed by atoms with E-state index in [9.17, 15) is 4.79 Å². The minimum atomic E-state index is 0.0208. The molecule has 0 aromatic carbocycles. The van der Waals surface area contributed by atoms with Gasteiger partial charge in [-0.2, -0.15) is 0 Å². The fourth-order valence-corrected chi connectivity index (χ4v) is 2.92. The fourth-order valence-electron chi connectivity index (χ4n) is 2.34. The van der Waals surface area contributed by atoms with Gasteiger partial charge in [0.2, 0.25) is 0 Å². The Bertz CT molecular complexity index is 304. The van der Waals surface area contributed by atoms with Crippen LogP contribution in [0.15, 0.2) is 22.2 Å². The van der Waals surface area contributed by atoms with Gasteiger partial charge in [0.1, 0.15) is 5.78 Å². The SMILES string of the molecule is O=C1CC2CCC1C(=C\Cl)/C2=C/Cl. The molecule has 3 fully saturated rings. The summed E-state index contributed by atoms with van der Waals surface area (Å²) in [6, 6.07) is 0. The smallest absolute Gasteiger partial charge is 0.140 e. The number of carbonyl (C=O) groups excluding carboxylic acids is 1. The molecule has 0 spiro atoms. The number of carbonyl (C=O) groups is 1. The van der Waals surface area contributed by atoms with Crippen molar-refractivity contribution in [1.29, 1.82) is 0 Å². The van der Waals surface area contributed by atoms with Crippen molar-refractivity contribution in [2.45, 2.75) is 19.3 Å². The number of Topliss-reactive ketones (excluding diaryl/α,β-unsaturated/α-hetero) is 1. The molecule has 0 N–H and O–H groups in total. The normalized spacial score (nSPS) is 39.1. The van der Waals surface area contributed by atoms with Gasteiger partial charge in [0, 0.05) is 23.4 Å². The molecule has 0 aromatic rings. The summed E-state index contributed by atoms with van der Waals surface area (Å²) in [5.41, 5.74) is 5.12. The fraction of sp³-hybridized carbons (Fsp3) is 0.500. The molecule has 0 aromatic heterocycles. The third kappa shape index (κ3) is 1.35. The minimum absolute atomic E-state index is 0.0208. The molecule has 3 rings (SSSR count). The van der Waals surface area contributed by atoms with E-state index in [1.165, 1.54) is 5.54 Å². The van der Waals surface area contributed by atoms with Gasteiger partial charge in [-0.1, -0.05) is 23.2 Å². The quantitative estimate of drug-likeness (QED) is 0.608. The van der Waals surface area contributed by atoms with Crippen LogP contribution in [0.3, 0.4) is 0 Å². The molecular weight excluding hydrogens is 207 g/mol. The Kier molecular flexibility index (Phi) is 2.48. The largest absolute Gasteiger partial charge is 0.299 e. The number of allylic oxidation sites excluding steroid dienone is 2. The molecule has 0 heterocycles. The number of rotatable bonds is 0. The Morgan fingerprint density at radius 2 is 1.85 bits per heavy atom. The zero-order valence-electron chi connectivity index (χ0n) is 7.09. The first-order valence-corrected chi connectivity index (χ1v) is 5.29. The van der Waals surface area contributed by atoms with E-state index < -0.39 is 0 Å². The van der Waals surface area contributed by atoms with E-state index in [1.54, 1.807) is 5.54 Å². The van der Waals surface area contributed by atoms with E-state index in [4.69, 9.17) is 23.2 Å². The Hall–Kier alpha value is -0.270. The number of hydrogen-bond acceptors (Lipinski definition) is 1. The van der Waals surface area contributed by atoms with Gasteiger partial charge in [0.25, 0.3) is 0 Å². The monoisotopic (exact) mass is 216 g/mol. The molecule has 3 aliphatic rings. The third-order valence-electron chi connectivity index (χ3n) is 3.02. The van der Waals surface area contributed by atoms with Gasteiger partial charge in [-0.3, -0.25) is 4.79 Å². The van der Waals surface area contributed by atoms with Crippen LogP contribution in [0.25, 0.3) is 0 Å². The molecule has 13 heavy (non-hydrogen) atoms. The van der Waals surface area contributed by atoms with Gasteiger partial charge in [-0.25, -0.2) is 0 Å². The second-order valence-corrected chi connectivity index (χ2v) is 4.06. The summed E-state index contributed by atoms with van der Waals surface area (Å²) in [5.74, 6) is 0.665. The number of halogens is 2. The van der Waals surface area contributed by atoms with Crippen molar-refractivity contribution in [3.63, 3.8) is 0 Å². The highest BCUT2D eigenvalue weighted by Gasteiger charge is 2.40. The lowest BCUT2D eigenvalue weighted by Crippen LogP contribution is -2.35. The number of fused-ring (bicyclic) bond motifs is 3. The summed E-state index contributed by atoms with van der Waals surface area (Å²) >= 11 is 11.4. The molecule has 1 nitrogen and oxygen atoms in total. The Morgan fingerprint density at radius 3 is 2.38 bits per heavy atom. The van der Waals surface area contributed by atoms with Crippen LogP contribution in [0.2, 0.25) is 0 Å². The topological polar surface area (TPSA) is 17.1 Å². The van der Waals surface area contributed by atoms with E-state index >= 15 is 0 Å². The van der Waals surface area contributed by atoms with E-state index in [-0.39, 0.29) is 5.92 Å². The van der Waals surface area contributed by atoms with Crippen LogP contribution in [-0.2, 0) is 4.79 Å². The Morgan fingerprint density at radius 1 is 1.15 bits per heavy atom. The van der Waals surface area contributed by atoms with Gasteiger partial charge >= 0.3 is 0 Å². The van der Waals surface area contributed by atoms with Gasteiger partial charge in [-0.15, -0.1) is 0 Å². The van der Waals surface area contributed by atoms with Crippen LogP contribution < -0.4 is 0 Å². The second kappa shape index (κ2) is 3.47. The van der Waals surface area contributed by atoms with E-state index in [0.717, 1.165) is 24.0 Å². The van der Waals surface area contributed by atoms with Crippen molar-refractivity contribution < 1.29 is 4.79 Å². The molecule has 3 saturated carbocycles. The molecule has 0 amide bonds. The Balaban J connectivity index is 2.42. The first-order valence-electron chi connectivity index (χ1n) is 4.41. The van der Waals surface area contributed by atoms with Crippen LogP contribution >= 0.6 is 23.2 Å². The first-order chi connectivity index (χ1) is 6.27. The highest BCUT2D eigenvalue weighted by Crippen LogP contribution is 2.46. The van der Waals surface area contributed by atoms with Crippen molar-refractivity contribution in [3.05, 3.63) is 22.2 Å². The van der Waals surface area contributed by atoms with E-state index in [2.05, 4.69) is 0 Å². The van der Waals surface area contributed by atoms with Crippen LogP contribution in [0.5, 0.6) is 0 Å². The highest BCUT2D eigenvalue weighted by molar-refractivity contribution is 6.28. The average molecular weight is 217 g/mol. The van der Waals surface area contributed by atoms with Crippen LogP contribution in [0.1, 0.15) is 19.3 Å². The molecule has 0 saturated heterocycles. The summed E-state index contributed by atoms with van der Waals surface area (Å²) in [6.45, 7) is 0. The Labute approximate surface area is 87.4 Å². The van der Waals surface area contributed by atoms with Gasteiger partial charge < -0.3 is 0 Å². The summed E-state index contributed by atoms with van der Waals surface area (Å²) in [5, 5.41) is 0. The zero-order chi connectivity index (χ0) is 9.42. The molecule has 2 unspecified atom stereocenters. The molecule has 3 aliphatic carbocycles. The van der Waals surface area contributed by atoms with Crippen molar-refractivity contribution >= 4 is 29.0 Å². The summed E-state index contributed by atoms with van der Waals surface area (Å²) in [4.78, 5) is 11.5. The lowest BCUT2D eigenvalue weighted by molar-refractivity contribution is -0.125. The molecule has 2 bridgehead atoms. The number of hydrogen-bond donors (Lipinski definition) is 0. The summed E-state index contributed by atoms with van der Waals surface area (Å²) in [6.07, 6.45) is 2.66. The van der Waals surface area contributed by atoms with Gasteiger partial charge in [0.05, 0.1) is 0 Å². The van der Waals surface area contributed by atoms with Crippen LogP contribution in [0.4, 0.5) is 0 Å². The second-order valence-electron chi connectivity index (χ2n) is 3.63. The highest BCUT2D eigenvalue weighted by atomic mass is 35.5. The van der Waals surface area contributed by atoms with Crippen molar-refractivity contribution in [2.75, 3.05) is 0 Å². The lowest BCUT2D eigenvalue weighted by Gasteiger charge is -2.38. The van der Waals surface area contributed by atoms with Gasteiger partial charge in [0.15, 0.2) is 0 Å². The van der Waals surface area contributed by atoms with Gasteiger partial charge in [-0.05, 0) is 29.9 Å².